The minimum atomic E-state index is -3.88. The third-order valence-electron chi connectivity index (χ3n) is 5.36. The van der Waals surface area contributed by atoms with Crippen molar-refractivity contribution in [3.05, 3.63) is 100 Å². The Bertz CT molecular complexity index is 1350. The van der Waals surface area contributed by atoms with Crippen LogP contribution < -0.4 is 5.56 Å². The Morgan fingerprint density at radius 2 is 1.59 bits per heavy atom. The molecule has 0 spiro atoms. The van der Waals surface area contributed by atoms with Gasteiger partial charge in [-0.25, -0.2) is 12.4 Å². The fourth-order valence-electron chi connectivity index (χ4n) is 3.65. The van der Waals surface area contributed by atoms with Gasteiger partial charge < -0.3 is 4.57 Å². The van der Waals surface area contributed by atoms with E-state index in [9.17, 15) is 13.2 Å². The van der Waals surface area contributed by atoms with E-state index in [2.05, 4.69) is 6.92 Å². The van der Waals surface area contributed by atoms with Gasteiger partial charge in [-0.05, 0) is 36.2 Å². The highest BCUT2D eigenvalue weighted by atomic mass is 32.2. The fraction of sp³-hybridized carbons (Fsp3) is 0.174. The quantitative estimate of drug-likeness (QED) is 0.514. The molecule has 4 rings (SSSR count). The number of rotatable bonds is 4. The Morgan fingerprint density at radius 3 is 2.24 bits per heavy atom. The first-order chi connectivity index (χ1) is 13.8. The van der Waals surface area contributed by atoms with Crippen LogP contribution in [0.5, 0.6) is 0 Å². The number of hydrogen-bond acceptors (Lipinski definition) is 3. The van der Waals surface area contributed by atoms with Gasteiger partial charge in [-0.2, -0.15) is 0 Å². The van der Waals surface area contributed by atoms with Gasteiger partial charge in [0.25, 0.3) is 15.6 Å². The van der Waals surface area contributed by atoms with Crippen LogP contribution in [0.25, 0.3) is 10.9 Å². The Balaban J connectivity index is 1.96. The lowest BCUT2D eigenvalue weighted by Gasteiger charge is -2.16. The first kappa shape index (κ1) is 19.2. The van der Waals surface area contributed by atoms with Gasteiger partial charge in [0.15, 0.2) is 0 Å². The molecule has 148 valence electrons. The molecule has 0 radical (unpaired) electrons. The van der Waals surface area contributed by atoms with Gasteiger partial charge in [-0.1, -0.05) is 55.0 Å². The van der Waals surface area contributed by atoms with Gasteiger partial charge in [0, 0.05) is 30.7 Å². The summed E-state index contributed by atoms with van der Waals surface area (Å²) in [4.78, 5) is 13.1. The molecule has 0 saturated carbocycles. The number of hydrogen-bond donors (Lipinski definition) is 0. The first-order valence-corrected chi connectivity index (χ1v) is 10.8. The second-order valence-corrected chi connectivity index (χ2v) is 9.14. The SMILES string of the molecule is Cc1ccc(S(=O)(=O)n2ccc3c(C(C)c4ccccc4)cn(C)c(=O)c32)cc1. The molecule has 0 aliphatic rings. The van der Waals surface area contributed by atoms with Crippen LogP contribution in [-0.4, -0.2) is 17.0 Å². The smallest absolute Gasteiger partial charge is 0.275 e. The largest absolute Gasteiger partial charge is 0.316 e. The molecule has 1 unspecified atom stereocenters. The maximum atomic E-state index is 13.2. The second-order valence-electron chi connectivity index (χ2n) is 7.32. The van der Waals surface area contributed by atoms with Crippen molar-refractivity contribution < 1.29 is 8.42 Å². The topological polar surface area (TPSA) is 61.1 Å². The zero-order valence-corrected chi connectivity index (χ0v) is 17.3. The summed E-state index contributed by atoms with van der Waals surface area (Å²) in [5, 5.41) is 0.653. The molecule has 6 heteroatoms. The van der Waals surface area contributed by atoms with E-state index in [0.717, 1.165) is 20.7 Å². The van der Waals surface area contributed by atoms with Crippen LogP contribution in [0.4, 0.5) is 0 Å². The van der Waals surface area contributed by atoms with Gasteiger partial charge >= 0.3 is 0 Å². The van der Waals surface area contributed by atoms with Crippen molar-refractivity contribution in [2.75, 3.05) is 0 Å². The van der Waals surface area contributed by atoms with Crippen LogP contribution in [0.15, 0.2) is 82.7 Å². The summed E-state index contributed by atoms with van der Waals surface area (Å²) in [6.07, 6.45) is 3.27. The molecular weight excluding hydrogens is 384 g/mol. The van der Waals surface area contributed by atoms with Crippen LogP contribution in [-0.2, 0) is 17.1 Å². The number of aryl methyl sites for hydroxylation is 2. The van der Waals surface area contributed by atoms with Crippen molar-refractivity contribution >= 4 is 20.9 Å². The van der Waals surface area contributed by atoms with E-state index < -0.39 is 10.0 Å². The van der Waals surface area contributed by atoms with Gasteiger partial charge in [0.2, 0.25) is 0 Å². The maximum absolute atomic E-state index is 13.2. The molecule has 1 atom stereocenters. The normalized spacial score (nSPS) is 12.9. The highest BCUT2D eigenvalue weighted by Crippen LogP contribution is 2.30. The summed E-state index contributed by atoms with van der Waals surface area (Å²) in [6.45, 7) is 3.95. The van der Waals surface area contributed by atoms with Crippen molar-refractivity contribution in [2.24, 2.45) is 7.05 Å². The Hall–Kier alpha value is -3.12. The zero-order chi connectivity index (χ0) is 20.8. The lowest BCUT2D eigenvalue weighted by molar-refractivity contribution is 0.589. The molecule has 0 fully saturated rings. The summed E-state index contributed by atoms with van der Waals surface area (Å²) in [5.74, 6) is 0.00317. The minimum Gasteiger partial charge on any atom is -0.316 e. The van der Waals surface area contributed by atoms with Crippen molar-refractivity contribution in [3.8, 4) is 0 Å². The van der Waals surface area contributed by atoms with Crippen LogP contribution in [0.2, 0.25) is 0 Å². The lowest BCUT2D eigenvalue weighted by atomic mass is 9.92. The summed E-state index contributed by atoms with van der Waals surface area (Å²) in [6, 6.07) is 18.3. The Morgan fingerprint density at radius 1 is 0.931 bits per heavy atom. The van der Waals surface area contributed by atoms with Crippen molar-refractivity contribution in [1.82, 2.24) is 8.54 Å². The van der Waals surface area contributed by atoms with Crippen LogP contribution in [0, 0.1) is 6.92 Å². The molecule has 0 saturated heterocycles. The Labute approximate surface area is 169 Å². The minimum absolute atomic E-state index is 0.00317. The molecule has 0 bridgehead atoms. The third kappa shape index (κ3) is 3.19. The monoisotopic (exact) mass is 406 g/mol. The number of fused-ring (bicyclic) bond motifs is 1. The molecule has 0 aliphatic carbocycles. The molecule has 4 aromatic rings. The molecule has 2 aromatic heterocycles. The fourth-order valence-corrected chi connectivity index (χ4v) is 5.00. The van der Waals surface area contributed by atoms with Crippen LogP contribution >= 0.6 is 0 Å². The van der Waals surface area contributed by atoms with E-state index >= 15 is 0 Å². The lowest BCUT2D eigenvalue weighted by Crippen LogP contribution is -2.23. The number of aromatic nitrogens is 2. The molecule has 0 N–H and O–H groups in total. The van der Waals surface area contributed by atoms with E-state index in [1.807, 2.05) is 37.3 Å². The highest BCUT2D eigenvalue weighted by molar-refractivity contribution is 7.90. The zero-order valence-electron chi connectivity index (χ0n) is 16.5. The summed E-state index contributed by atoms with van der Waals surface area (Å²) in [5.41, 5.74) is 2.81. The number of benzene rings is 2. The van der Waals surface area contributed by atoms with E-state index in [1.165, 1.54) is 10.8 Å². The molecule has 5 nitrogen and oxygen atoms in total. The molecule has 29 heavy (non-hydrogen) atoms. The molecule has 2 aromatic carbocycles. The van der Waals surface area contributed by atoms with Gasteiger partial charge in [0.1, 0.15) is 5.52 Å². The number of pyridine rings is 1. The molecule has 0 amide bonds. The average molecular weight is 407 g/mol. The van der Waals surface area contributed by atoms with E-state index in [-0.39, 0.29) is 21.9 Å². The highest BCUT2D eigenvalue weighted by Gasteiger charge is 2.24. The van der Waals surface area contributed by atoms with Crippen molar-refractivity contribution in [3.63, 3.8) is 0 Å². The third-order valence-corrected chi connectivity index (χ3v) is 7.05. The number of nitrogens with zero attached hydrogens (tertiary/aromatic N) is 2. The summed E-state index contributed by atoms with van der Waals surface area (Å²) < 4.78 is 29.1. The Kier molecular flexibility index (Phi) is 4.67. The van der Waals surface area contributed by atoms with E-state index in [0.29, 0.717) is 5.39 Å². The predicted octanol–water partition coefficient (Wildman–Crippen LogP) is 4.04. The molecular formula is C23H22N2O3S. The summed E-state index contributed by atoms with van der Waals surface area (Å²) >= 11 is 0. The average Bonchev–Trinajstić information content (AvgIpc) is 3.17. The first-order valence-electron chi connectivity index (χ1n) is 9.38. The van der Waals surface area contributed by atoms with Crippen LogP contribution in [0.3, 0.4) is 0 Å². The van der Waals surface area contributed by atoms with Crippen molar-refractivity contribution in [1.29, 1.82) is 0 Å². The molecule has 2 heterocycles. The molecule has 0 aliphatic heterocycles. The predicted molar refractivity (Wildman–Crippen MR) is 115 cm³/mol. The standard InChI is InChI=1S/C23H22N2O3S/c1-16-9-11-19(12-10-16)29(27,28)25-14-13-20-21(15-24(3)23(26)22(20)25)17(2)18-7-5-4-6-8-18/h4-15,17H,1-3H3. The maximum Gasteiger partial charge on any atom is 0.275 e. The van der Waals surface area contributed by atoms with Crippen molar-refractivity contribution in [2.45, 2.75) is 24.7 Å². The van der Waals surface area contributed by atoms with Gasteiger partial charge in [-0.3, -0.25) is 4.79 Å². The van der Waals surface area contributed by atoms with E-state index in [4.69, 9.17) is 0 Å². The van der Waals surface area contributed by atoms with Gasteiger partial charge in [0.05, 0.1) is 4.90 Å². The van der Waals surface area contributed by atoms with Crippen LogP contribution in [0.1, 0.15) is 29.5 Å². The van der Waals surface area contributed by atoms with E-state index in [1.54, 1.807) is 43.6 Å². The van der Waals surface area contributed by atoms with Gasteiger partial charge in [-0.15, -0.1) is 0 Å². The summed E-state index contributed by atoms with van der Waals surface area (Å²) in [7, 11) is -2.23. The second kappa shape index (κ2) is 7.04.